The van der Waals surface area contributed by atoms with Gasteiger partial charge in [-0.05, 0) is 30.5 Å². The lowest BCUT2D eigenvalue weighted by Crippen LogP contribution is -2.25. The Morgan fingerprint density at radius 2 is 2.28 bits per heavy atom. The van der Waals surface area contributed by atoms with Gasteiger partial charge in [0.05, 0.1) is 12.1 Å². The van der Waals surface area contributed by atoms with Crippen molar-refractivity contribution < 1.29 is 9.52 Å². The van der Waals surface area contributed by atoms with E-state index in [0.717, 1.165) is 23.9 Å². The quantitative estimate of drug-likeness (QED) is 0.845. The molecule has 1 aliphatic carbocycles. The summed E-state index contributed by atoms with van der Waals surface area (Å²) < 4.78 is 6.61. The van der Waals surface area contributed by atoms with Gasteiger partial charge in [-0.1, -0.05) is 6.07 Å². The van der Waals surface area contributed by atoms with Crippen LogP contribution in [0, 0.1) is 5.41 Å². The minimum Gasteiger partial charge on any atom is -0.408 e. The molecule has 0 bridgehead atoms. The number of aromatic nitrogens is 1. The maximum absolute atomic E-state index is 11.4. The topological polar surface area (TPSA) is 81.4 Å². The molecule has 1 aliphatic rings. The van der Waals surface area contributed by atoms with E-state index in [1.54, 1.807) is 13.1 Å². The van der Waals surface area contributed by atoms with Crippen molar-refractivity contribution in [1.82, 2.24) is 4.57 Å². The molecule has 1 aromatic heterocycles. The molecule has 0 spiro atoms. The smallest absolute Gasteiger partial charge is 0.408 e. The fourth-order valence-electron chi connectivity index (χ4n) is 2.43. The Morgan fingerprint density at radius 3 is 2.89 bits per heavy atom. The molecule has 0 amide bonds. The molecule has 0 radical (unpaired) electrons. The number of nitrogens with two attached hydrogens (primary N) is 1. The zero-order valence-corrected chi connectivity index (χ0v) is 10.2. The second-order valence-electron chi connectivity index (χ2n) is 5.15. The molecule has 1 saturated carbocycles. The van der Waals surface area contributed by atoms with Crippen LogP contribution in [0.1, 0.15) is 24.4 Å². The fourth-order valence-corrected chi connectivity index (χ4v) is 2.43. The van der Waals surface area contributed by atoms with Crippen LogP contribution >= 0.6 is 0 Å². The monoisotopic (exact) mass is 248 g/mol. The van der Waals surface area contributed by atoms with E-state index in [-0.39, 0.29) is 23.8 Å². The van der Waals surface area contributed by atoms with Crippen molar-refractivity contribution in [2.45, 2.75) is 18.9 Å². The normalized spacial score (nSPS) is 19.1. The number of oxazole rings is 1. The van der Waals surface area contributed by atoms with Crippen LogP contribution in [0.3, 0.4) is 0 Å². The van der Waals surface area contributed by atoms with E-state index in [9.17, 15) is 9.90 Å². The van der Waals surface area contributed by atoms with Crippen LogP contribution < -0.4 is 11.5 Å². The molecule has 1 fully saturated rings. The van der Waals surface area contributed by atoms with E-state index in [2.05, 4.69) is 0 Å². The number of benzene rings is 1. The largest absolute Gasteiger partial charge is 0.419 e. The molecule has 3 N–H and O–H groups in total. The second-order valence-corrected chi connectivity index (χ2v) is 5.15. The Labute approximate surface area is 104 Å². The van der Waals surface area contributed by atoms with Crippen molar-refractivity contribution in [2.75, 3.05) is 6.61 Å². The highest BCUT2D eigenvalue weighted by Crippen LogP contribution is 2.53. The van der Waals surface area contributed by atoms with Crippen molar-refractivity contribution in [3.8, 4) is 0 Å². The molecular weight excluding hydrogens is 232 g/mol. The summed E-state index contributed by atoms with van der Waals surface area (Å²) in [6.07, 6.45) is 1.89. The van der Waals surface area contributed by atoms with Crippen molar-refractivity contribution in [3.05, 3.63) is 34.3 Å². The van der Waals surface area contributed by atoms with Gasteiger partial charge >= 0.3 is 5.76 Å². The Morgan fingerprint density at radius 1 is 1.56 bits per heavy atom. The van der Waals surface area contributed by atoms with Gasteiger partial charge in [-0.25, -0.2) is 4.79 Å². The second kappa shape index (κ2) is 3.70. The lowest BCUT2D eigenvalue weighted by Gasteiger charge is -2.21. The van der Waals surface area contributed by atoms with E-state index < -0.39 is 0 Å². The SMILES string of the molecule is Cn1c(=O)oc2cc(C(N)C3(CO)CC3)ccc21. The standard InChI is InChI=1S/C13H16N2O3/c1-15-9-3-2-8(6-10(9)18-12(15)17)11(14)13(7-16)4-5-13/h2-3,6,11,16H,4-5,7,14H2,1H3. The minimum absolute atomic E-state index is 0.102. The molecule has 1 unspecified atom stereocenters. The van der Waals surface area contributed by atoms with Gasteiger partial charge in [0.1, 0.15) is 0 Å². The molecule has 1 heterocycles. The molecule has 0 aliphatic heterocycles. The fraction of sp³-hybridized carbons (Fsp3) is 0.462. The number of fused-ring (bicyclic) bond motifs is 1. The Bertz CT molecular complexity index is 652. The summed E-state index contributed by atoms with van der Waals surface area (Å²) in [6.45, 7) is 0.102. The molecule has 3 rings (SSSR count). The molecule has 96 valence electrons. The number of aliphatic hydroxyl groups is 1. The van der Waals surface area contributed by atoms with Gasteiger partial charge in [-0.2, -0.15) is 0 Å². The van der Waals surface area contributed by atoms with Gasteiger partial charge in [0, 0.05) is 18.5 Å². The lowest BCUT2D eigenvalue weighted by atomic mass is 9.91. The van der Waals surface area contributed by atoms with Gasteiger partial charge in [0.2, 0.25) is 0 Å². The first kappa shape index (κ1) is 11.5. The van der Waals surface area contributed by atoms with Crippen molar-refractivity contribution >= 4 is 11.1 Å². The third kappa shape index (κ3) is 1.51. The summed E-state index contributed by atoms with van der Waals surface area (Å²) in [5.41, 5.74) is 8.22. The highest BCUT2D eigenvalue weighted by atomic mass is 16.4. The Balaban J connectivity index is 2.06. The van der Waals surface area contributed by atoms with Crippen LogP contribution in [0.4, 0.5) is 0 Å². The minimum atomic E-state index is -0.376. The third-order valence-electron chi connectivity index (χ3n) is 4.04. The predicted molar refractivity (Wildman–Crippen MR) is 67.1 cm³/mol. The third-order valence-corrected chi connectivity index (χ3v) is 4.04. The number of hydrogen-bond donors (Lipinski definition) is 2. The van der Waals surface area contributed by atoms with Crippen LogP contribution in [0.25, 0.3) is 11.1 Å². The van der Waals surface area contributed by atoms with Crippen LogP contribution in [0.2, 0.25) is 0 Å². The first-order chi connectivity index (χ1) is 8.57. The summed E-state index contributed by atoms with van der Waals surface area (Å²) in [6, 6.07) is 5.33. The summed E-state index contributed by atoms with van der Waals surface area (Å²) >= 11 is 0. The Hall–Kier alpha value is -1.59. The number of rotatable bonds is 3. The van der Waals surface area contributed by atoms with Crippen LogP contribution in [0.15, 0.2) is 27.4 Å². The summed E-state index contributed by atoms with van der Waals surface area (Å²) in [7, 11) is 1.67. The molecule has 1 atom stereocenters. The lowest BCUT2D eigenvalue weighted by molar-refractivity contribution is 0.188. The number of aliphatic hydroxyl groups excluding tert-OH is 1. The Kier molecular flexibility index (Phi) is 2.36. The molecule has 1 aromatic carbocycles. The zero-order chi connectivity index (χ0) is 12.9. The maximum atomic E-state index is 11.4. The average Bonchev–Trinajstić information content (AvgIpc) is 3.12. The van der Waals surface area contributed by atoms with E-state index in [1.807, 2.05) is 12.1 Å². The van der Waals surface area contributed by atoms with E-state index in [4.69, 9.17) is 10.2 Å². The van der Waals surface area contributed by atoms with E-state index >= 15 is 0 Å². The van der Waals surface area contributed by atoms with E-state index in [0.29, 0.717) is 5.58 Å². The maximum Gasteiger partial charge on any atom is 0.419 e. The van der Waals surface area contributed by atoms with Gasteiger partial charge in [-0.15, -0.1) is 0 Å². The van der Waals surface area contributed by atoms with Crippen molar-refractivity contribution in [1.29, 1.82) is 0 Å². The van der Waals surface area contributed by atoms with E-state index in [1.165, 1.54) is 4.57 Å². The van der Waals surface area contributed by atoms with Crippen LogP contribution in [-0.2, 0) is 7.05 Å². The average molecular weight is 248 g/mol. The molecule has 18 heavy (non-hydrogen) atoms. The number of nitrogens with zero attached hydrogens (tertiary/aromatic N) is 1. The highest BCUT2D eigenvalue weighted by Gasteiger charge is 2.47. The van der Waals surface area contributed by atoms with Gasteiger partial charge in [0.25, 0.3) is 0 Å². The zero-order valence-electron chi connectivity index (χ0n) is 10.2. The van der Waals surface area contributed by atoms with Crippen molar-refractivity contribution in [3.63, 3.8) is 0 Å². The van der Waals surface area contributed by atoms with Crippen molar-refractivity contribution in [2.24, 2.45) is 18.2 Å². The molecule has 0 saturated heterocycles. The van der Waals surface area contributed by atoms with Crippen LogP contribution in [0.5, 0.6) is 0 Å². The summed E-state index contributed by atoms with van der Waals surface area (Å²) in [5.74, 6) is -0.376. The summed E-state index contributed by atoms with van der Waals surface area (Å²) in [5, 5.41) is 9.39. The predicted octanol–water partition coefficient (Wildman–Crippen LogP) is 0.904. The first-order valence-electron chi connectivity index (χ1n) is 6.03. The van der Waals surface area contributed by atoms with Crippen LogP contribution in [-0.4, -0.2) is 16.3 Å². The highest BCUT2D eigenvalue weighted by molar-refractivity contribution is 5.73. The van der Waals surface area contributed by atoms with Gasteiger partial charge < -0.3 is 15.3 Å². The molecular formula is C13H16N2O3. The molecule has 2 aromatic rings. The number of aryl methyl sites for hydroxylation is 1. The molecule has 5 heteroatoms. The molecule has 5 nitrogen and oxygen atoms in total. The van der Waals surface area contributed by atoms with Gasteiger partial charge in [-0.3, -0.25) is 4.57 Å². The van der Waals surface area contributed by atoms with Gasteiger partial charge in [0.15, 0.2) is 5.58 Å². The first-order valence-corrected chi connectivity index (χ1v) is 6.03. The number of hydrogen-bond acceptors (Lipinski definition) is 4. The summed E-state index contributed by atoms with van der Waals surface area (Å²) in [4.78, 5) is 11.4.